The van der Waals surface area contributed by atoms with Crippen molar-refractivity contribution < 1.29 is 0 Å². The molecule has 0 radical (unpaired) electrons. The number of rotatable bonds is 1. The van der Waals surface area contributed by atoms with Crippen LogP contribution in [0, 0.1) is 0 Å². The van der Waals surface area contributed by atoms with Crippen LogP contribution in [0.3, 0.4) is 0 Å². The van der Waals surface area contributed by atoms with Crippen molar-refractivity contribution in [2.24, 2.45) is 0 Å². The summed E-state index contributed by atoms with van der Waals surface area (Å²) in [7, 11) is 0. The van der Waals surface area contributed by atoms with Crippen LogP contribution < -0.4 is 4.53 Å². The molecule has 0 bridgehead atoms. The van der Waals surface area contributed by atoms with E-state index in [0.29, 0.717) is 0 Å². The zero-order valence-electron chi connectivity index (χ0n) is 4.31. The minimum absolute atomic E-state index is 0.368. The average molecular weight is 157 g/mol. The number of hydrogen-bond acceptors (Lipinski definition) is 1. The molecule has 0 aromatic carbocycles. The Balaban J connectivity index is 2.76. The van der Waals surface area contributed by atoms with E-state index >= 15 is 0 Å². The molecule has 0 aliphatic rings. The van der Waals surface area contributed by atoms with Gasteiger partial charge in [0, 0.05) is 0 Å². The summed E-state index contributed by atoms with van der Waals surface area (Å²) < 4.78 is 1.31. The number of aromatic nitrogens is 2. The number of H-pyrrole nitrogens is 1. The van der Waals surface area contributed by atoms with Crippen LogP contribution >= 0.6 is 0 Å². The van der Waals surface area contributed by atoms with E-state index in [1.54, 1.807) is 0 Å². The van der Waals surface area contributed by atoms with E-state index in [2.05, 4.69) is 22.0 Å². The van der Waals surface area contributed by atoms with Gasteiger partial charge in [-0.05, 0) is 0 Å². The maximum atomic E-state index is 3.99. The predicted octanol–water partition coefficient (Wildman–Crippen LogP) is -0.748. The van der Waals surface area contributed by atoms with Gasteiger partial charge in [0.25, 0.3) is 0 Å². The van der Waals surface area contributed by atoms with Gasteiger partial charge < -0.3 is 0 Å². The van der Waals surface area contributed by atoms with E-state index in [0.717, 1.165) is 0 Å². The van der Waals surface area contributed by atoms with Crippen LogP contribution in [-0.4, -0.2) is 25.6 Å². The third-order valence-electron chi connectivity index (χ3n) is 0.921. The normalized spacial score (nSPS) is 11.0. The van der Waals surface area contributed by atoms with Crippen molar-refractivity contribution in [2.45, 2.75) is 5.76 Å². The topological polar surface area (TPSA) is 28.7 Å². The first-order chi connectivity index (χ1) is 3.43. The summed E-state index contributed by atoms with van der Waals surface area (Å²) in [6, 6.07) is 2.06. The molecule has 1 N–H and O–H groups in total. The Labute approximate surface area is 48.8 Å². The fraction of sp³-hybridized carbons (Fsp3) is 0.250. The Morgan fingerprint density at radius 2 is 2.71 bits per heavy atom. The molecule has 38 valence electrons. The summed E-state index contributed by atoms with van der Waals surface area (Å²) in [4.78, 5) is 0. The fourth-order valence-corrected chi connectivity index (χ4v) is 1.75. The van der Waals surface area contributed by atoms with Gasteiger partial charge in [-0.2, -0.15) is 0 Å². The van der Waals surface area contributed by atoms with Gasteiger partial charge in [0.05, 0.1) is 0 Å². The molecule has 3 heteroatoms. The summed E-state index contributed by atoms with van der Waals surface area (Å²) >= 11 is -0.368. The zero-order valence-corrected chi connectivity index (χ0v) is 7.28. The Kier molecular flexibility index (Phi) is 1.51. The van der Waals surface area contributed by atoms with E-state index in [9.17, 15) is 0 Å². The molecular weight excluding hydrogens is 149 g/mol. The molecule has 7 heavy (non-hydrogen) atoms. The van der Waals surface area contributed by atoms with Crippen molar-refractivity contribution in [2.75, 3.05) is 0 Å². The zero-order chi connectivity index (χ0) is 5.11. The van der Waals surface area contributed by atoms with Crippen LogP contribution in [0.4, 0.5) is 0 Å². The second-order valence-electron chi connectivity index (χ2n) is 1.42. The van der Waals surface area contributed by atoms with Gasteiger partial charge in [0.15, 0.2) is 0 Å². The van der Waals surface area contributed by atoms with E-state index in [4.69, 9.17) is 0 Å². The molecule has 0 spiro atoms. The van der Waals surface area contributed by atoms with Crippen LogP contribution in [0.1, 0.15) is 0 Å². The van der Waals surface area contributed by atoms with Crippen LogP contribution in [0.2, 0.25) is 5.76 Å². The molecule has 0 aliphatic heterocycles. The van der Waals surface area contributed by atoms with Gasteiger partial charge in [0.2, 0.25) is 0 Å². The van der Waals surface area contributed by atoms with E-state index in [1.165, 1.54) is 4.53 Å². The number of nitrogens with zero attached hydrogens (tertiary/aromatic N) is 1. The van der Waals surface area contributed by atoms with Crippen molar-refractivity contribution in [3.63, 3.8) is 0 Å². The average Bonchev–Trinajstić information content (AvgIpc) is 2.14. The molecule has 0 amide bonds. The molecule has 1 rings (SSSR count). The quantitative estimate of drug-likeness (QED) is 0.533. The second-order valence-corrected chi connectivity index (χ2v) is 4.42. The molecule has 1 aromatic rings. The molecule has 2 nitrogen and oxygen atoms in total. The monoisotopic (exact) mass is 158 g/mol. The molecule has 0 unspecified atom stereocenters. The van der Waals surface area contributed by atoms with E-state index < -0.39 is 0 Å². The predicted molar refractivity (Wildman–Crippen MR) is 32.6 cm³/mol. The summed E-state index contributed by atoms with van der Waals surface area (Å²) in [5.41, 5.74) is 0. The van der Waals surface area contributed by atoms with Gasteiger partial charge in [-0.15, -0.1) is 0 Å². The molecule has 0 saturated heterocycles. The van der Waals surface area contributed by atoms with Gasteiger partial charge in [0.1, 0.15) is 0 Å². The minimum atomic E-state index is -0.368. The molecule has 0 aliphatic carbocycles. The molecule has 1 aromatic heterocycles. The van der Waals surface area contributed by atoms with Gasteiger partial charge >= 0.3 is 48.2 Å². The summed E-state index contributed by atoms with van der Waals surface area (Å²) in [5.74, 6) is 2.27. The Morgan fingerprint density at radius 1 is 1.86 bits per heavy atom. The van der Waals surface area contributed by atoms with Crippen LogP contribution in [0.25, 0.3) is 0 Å². The third-order valence-corrected chi connectivity index (χ3v) is 3.27. The first-order valence-corrected chi connectivity index (χ1v) is 6.87. The van der Waals surface area contributed by atoms with E-state index in [-0.39, 0.29) is 15.4 Å². The van der Waals surface area contributed by atoms with Crippen molar-refractivity contribution in [3.05, 3.63) is 12.3 Å². The summed E-state index contributed by atoms with van der Waals surface area (Å²) in [6.07, 6.45) is 1.88. The van der Waals surface area contributed by atoms with Crippen LogP contribution in [-0.2, 0) is 0 Å². The number of aromatic amines is 1. The molecule has 0 saturated carbocycles. The van der Waals surface area contributed by atoms with E-state index in [1.807, 2.05) is 6.20 Å². The first-order valence-electron chi connectivity index (χ1n) is 2.42. The standard InChI is InChI=1S/C4H8GeN2/c1-5-4-2-3-6-7-4/h2-3H,5H2,1H3,(H,6,7). The second kappa shape index (κ2) is 2.16. The Morgan fingerprint density at radius 3 is 3.00 bits per heavy atom. The van der Waals surface area contributed by atoms with Gasteiger partial charge in [-0.25, -0.2) is 0 Å². The maximum absolute atomic E-state index is 3.99. The molecule has 0 atom stereocenters. The molecular formula is C4H8GeN2. The SMILES string of the molecule is [CH3][GeH2][c]1cc[nH]n1. The van der Waals surface area contributed by atoms with Crippen molar-refractivity contribution in [1.82, 2.24) is 10.2 Å². The first kappa shape index (κ1) is 4.90. The van der Waals surface area contributed by atoms with Gasteiger partial charge in [-0.1, -0.05) is 0 Å². The van der Waals surface area contributed by atoms with Crippen molar-refractivity contribution in [1.29, 1.82) is 0 Å². The van der Waals surface area contributed by atoms with Gasteiger partial charge in [-0.3, -0.25) is 0 Å². The van der Waals surface area contributed by atoms with Crippen molar-refractivity contribution >= 4 is 20.0 Å². The Hall–Kier alpha value is -0.247. The fourth-order valence-electron chi connectivity index (χ4n) is 0.488. The van der Waals surface area contributed by atoms with Crippen LogP contribution in [0.5, 0.6) is 0 Å². The summed E-state index contributed by atoms with van der Waals surface area (Å²) in [6.45, 7) is 0. The number of nitrogens with one attached hydrogen (secondary N) is 1. The third kappa shape index (κ3) is 1.06. The Bertz CT molecular complexity index is 124. The summed E-state index contributed by atoms with van der Waals surface area (Å²) in [5, 5.41) is 6.77. The van der Waals surface area contributed by atoms with Crippen LogP contribution in [0.15, 0.2) is 12.3 Å². The number of hydrogen-bond donors (Lipinski definition) is 1. The van der Waals surface area contributed by atoms with Crippen molar-refractivity contribution in [3.8, 4) is 0 Å². The molecule has 1 heterocycles. The molecule has 0 fully saturated rings.